The molecule has 0 heterocycles. The Labute approximate surface area is 226 Å². The van der Waals surface area contributed by atoms with Crippen molar-refractivity contribution in [2.24, 2.45) is 5.92 Å². The van der Waals surface area contributed by atoms with Gasteiger partial charge in [0, 0.05) is 13.1 Å². The molecule has 0 aliphatic carbocycles. The molecule has 7 nitrogen and oxygen atoms in total. The summed E-state index contributed by atoms with van der Waals surface area (Å²) in [6.45, 7) is 7.95. The van der Waals surface area contributed by atoms with Crippen molar-refractivity contribution in [3.8, 4) is 0 Å². The minimum absolute atomic E-state index is 0.0885. The first-order valence-corrected chi connectivity index (χ1v) is 14.3. The summed E-state index contributed by atoms with van der Waals surface area (Å²) in [5, 5.41) is 2.94. The Balaban J connectivity index is 2.02. The summed E-state index contributed by atoms with van der Waals surface area (Å²) in [5.74, 6) is -0.456. The molecule has 0 aliphatic heterocycles. The Morgan fingerprint density at radius 1 is 0.895 bits per heavy atom. The standard InChI is InChI=1S/C30H37N3O4S/c1-5-28(30(35)31-20-23(2)3)32(21-25-14-8-6-9-15-25)29(34)22-33(26-16-12-13-24(4)19-26)38(36,37)27-17-10-7-11-18-27/h6-19,23,28H,5,20-22H2,1-4H3,(H,31,35). The lowest BCUT2D eigenvalue weighted by atomic mass is 10.1. The summed E-state index contributed by atoms with van der Waals surface area (Å²) in [6, 6.07) is 23.8. The topological polar surface area (TPSA) is 86.8 Å². The normalized spacial score (nSPS) is 12.1. The van der Waals surface area contributed by atoms with Crippen LogP contribution in [0, 0.1) is 12.8 Å². The highest BCUT2D eigenvalue weighted by molar-refractivity contribution is 7.92. The van der Waals surface area contributed by atoms with Gasteiger partial charge in [0.05, 0.1) is 10.6 Å². The lowest BCUT2D eigenvalue weighted by Crippen LogP contribution is -2.52. The molecule has 1 atom stereocenters. The molecule has 8 heteroatoms. The van der Waals surface area contributed by atoms with E-state index in [9.17, 15) is 18.0 Å². The van der Waals surface area contributed by atoms with E-state index in [0.29, 0.717) is 18.7 Å². The number of rotatable bonds is 12. The molecule has 202 valence electrons. The summed E-state index contributed by atoms with van der Waals surface area (Å²) in [6.07, 6.45) is 0.387. The van der Waals surface area contributed by atoms with Crippen LogP contribution in [0.3, 0.4) is 0 Å². The maximum Gasteiger partial charge on any atom is 0.264 e. The van der Waals surface area contributed by atoms with E-state index in [4.69, 9.17) is 0 Å². The van der Waals surface area contributed by atoms with Gasteiger partial charge in [-0.05, 0) is 54.7 Å². The van der Waals surface area contributed by atoms with Gasteiger partial charge >= 0.3 is 0 Å². The number of aryl methyl sites for hydroxylation is 1. The molecule has 0 bridgehead atoms. The van der Waals surface area contributed by atoms with E-state index in [1.165, 1.54) is 17.0 Å². The zero-order chi connectivity index (χ0) is 27.7. The van der Waals surface area contributed by atoms with Gasteiger partial charge < -0.3 is 10.2 Å². The maximum absolute atomic E-state index is 14.0. The van der Waals surface area contributed by atoms with Gasteiger partial charge in [0.15, 0.2) is 0 Å². The number of nitrogens with zero attached hydrogens (tertiary/aromatic N) is 2. The van der Waals surface area contributed by atoms with Gasteiger partial charge in [0.25, 0.3) is 10.0 Å². The number of sulfonamides is 1. The van der Waals surface area contributed by atoms with E-state index in [-0.39, 0.29) is 23.3 Å². The molecule has 0 aromatic heterocycles. The number of hydrogen-bond acceptors (Lipinski definition) is 4. The Hall–Kier alpha value is -3.65. The van der Waals surface area contributed by atoms with Gasteiger partial charge in [0.2, 0.25) is 11.8 Å². The van der Waals surface area contributed by atoms with Crippen LogP contribution >= 0.6 is 0 Å². The van der Waals surface area contributed by atoms with Crippen molar-refractivity contribution in [3.05, 3.63) is 96.1 Å². The van der Waals surface area contributed by atoms with Crippen LogP contribution < -0.4 is 9.62 Å². The van der Waals surface area contributed by atoms with E-state index < -0.39 is 28.5 Å². The van der Waals surface area contributed by atoms with E-state index >= 15 is 0 Å². The Morgan fingerprint density at radius 3 is 2.11 bits per heavy atom. The van der Waals surface area contributed by atoms with Gasteiger partial charge in [-0.25, -0.2) is 8.42 Å². The van der Waals surface area contributed by atoms with Crippen LogP contribution in [0.1, 0.15) is 38.3 Å². The summed E-state index contributed by atoms with van der Waals surface area (Å²) < 4.78 is 28.7. The lowest BCUT2D eigenvalue weighted by molar-refractivity contribution is -0.140. The highest BCUT2D eigenvalue weighted by Gasteiger charge is 2.33. The molecule has 1 N–H and O–H groups in total. The van der Waals surface area contributed by atoms with Crippen LogP contribution in [0.4, 0.5) is 5.69 Å². The number of carbonyl (C=O) groups is 2. The average molecular weight is 536 g/mol. The van der Waals surface area contributed by atoms with Crippen molar-refractivity contribution in [1.29, 1.82) is 0 Å². The van der Waals surface area contributed by atoms with Crippen LogP contribution in [-0.4, -0.2) is 44.3 Å². The van der Waals surface area contributed by atoms with Gasteiger partial charge in [0.1, 0.15) is 12.6 Å². The van der Waals surface area contributed by atoms with Gasteiger partial charge in [-0.3, -0.25) is 13.9 Å². The fourth-order valence-electron chi connectivity index (χ4n) is 4.15. The second kappa shape index (κ2) is 13.2. The zero-order valence-electron chi connectivity index (χ0n) is 22.5. The second-order valence-corrected chi connectivity index (χ2v) is 11.6. The molecule has 3 rings (SSSR count). The second-order valence-electron chi connectivity index (χ2n) is 9.73. The van der Waals surface area contributed by atoms with E-state index in [1.807, 2.05) is 64.1 Å². The Morgan fingerprint density at radius 2 is 1.53 bits per heavy atom. The zero-order valence-corrected chi connectivity index (χ0v) is 23.3. The van der Waals surface area contributed by atoms with Crippen molar-refractivity contribution in [1.82, 2.24) is 10.2 Å². The molecule has 3 aromatic carbocycles. The number of benzene rings is 3. The summed E-state index contributed by atoms with van der Waals surface area (Å²) >= 11 is 0. The first-order chi connectivity index (χ1) is 18.1. The molecule has 0 fully saturated rings. The molecular weight excluding hydrogens is 498 g/mol. The van der Waals surface area contributed by atoms with Crippen molar-refractivity contribution < 1.29 is 18.0 Å². The van der Waals surface area contributed by atoms with Gasteiger partial charge in [-0.15, -0.1) is 0 Å². The number of nitrogens with one attached hydrogen (secondary N) is 1. The van der Waals surface area contributed by atoms with Crippen LogP contribution in [0.2, 0.25) is 0 Å². The van der Waals surface area contributed by atoms with Crippen LogP contribution in [0.25, 0.3) is 0 Å². The van der Waals surface area contributed by atoms with E-state index in [1.54, 1.807) is 36.4 Å². The SMILES string of the molecule is CCC(C(=O)NCC(C)C)N(Cc1ccccc1)C(=O)CN(c1cccc(C)c1)S(=O)(=O)c1ccccc1. The molecule has 0 aliphatic rings. The number of anilines is 1. The Bertz CT molecular complexity index is 1310. The van der Waals surface area contributed by atoms with Crippen LogP contribution in [0.5, 0.6) is 0 Å². The highest BCUT2D eigenvalue weighted by atomic mass is 32.2. The van der Waals surface area contributed by atoms with Crippen molar-refractivity contribution in [2.75, 3.05) is 17.4 Å². The van der Waals surface area contributed by atoms with Crippen LogP contribution in [0.15, 0.2) is 89.8 Å². The largest absolute Gasteiger partial charge is 0.354 e. The number of amides is 2. The van der Waals surface area contributed by atoms with E-state index in [0.717, 1.165) is 15.4 Å². The minimum atomic E-state index is -4.06. The van der Waals surface area contributed by atoms with E-state index in [2.05, 4.69) is 5.32 Å². The average Bonchev–Trinajstić information content (AvgIpc) is 2.91. The third kappa shape index (κ3) is 7.44. The summed E-state index contributed by atoms with van der Waals surface area (Å²) in [5.41, 5.74) is 2.10. The monoisotopic (exact) mass is 535 g/mol. The predicted octanol–water partition coefficient (Wildman–Crippen LogP) is 4.77. The number of carbonyl (C=O) groups excluding carboxylic acids is 2. The number of hydrogen-bond donors (Lipinski definition) is 1. The molecular formula is C30H37N3O4S. The maximum atomic E-state index is 14.0. The molecule has 0 saturated heterocycles. The van der Waals surface area contributed by atoms with Crippen molar-refractivity contribution in [2.45, 2.75) is 51.6 Å². The highest BCUT2D eigenvalue weighted by Crippen LogP contribution is 2.25. The summed E-state index contributed by atoms with van der Waals surface area (Å²) in [4.78, 5) is 28.8. The molecule has 0 saturated carbocycles. The van der Waals surface area contributed by atoms with Gasteiger partial charge in [-0.1, -0.05) is 81.4 Å². The summed E-state index contributed by atoms with van der Waals surface area (Å²) in [7, 11) is -4.06. The first kappa shape index (κ1) is 28.9. The smallest absolute Gasteiger partial charge is 0.264 e. The Kier molecular flexibility index (Phi) is 10.1. The van der Waals surface area contributed by atoms with Crippen molar-refractivity contribution in [3.63, 3.8) is 0 Å². The molecule has 3 aromatic rings. The molecule has 0 radical (unpaired) electrons. The molecule has 38 heavy (non-hydrogen) atoms. The third-order valence-corrected chi connectivity index (χ3v) is 7.95. The fraction of sp³-hybridized carbons (Fsp3) is 0.333. The molecule has 0 spiro atoms. The van der Waals surface area contributed by atoms with Gasteiger partial charge in [-0.2, -0.15) is 0 Å². The molecule has 1 unspecified atom stereocenters. The molecule has 2 amide bonds. The van der Waals surface area contributed by atoms with Crippen LogP contribution in [-0.2, 0) is 26.2 Å². The predicted molar refractivity (Wildman–Crippen MR) is 151 cm³/mol. The third-order valence-electron chi connectivity index (χ3n) is 6.17. The quantitative estimate of drug-likeness (QED) is 0.362. The van der Waals surface area contributed by atoms with Crippen molar-refractivity contribution >= 4 is 27.5 Å². The first-order valence-electron chi connectivity index (χ1n) is 12.9. The lowest BCUT2D eigenvalue weighted by Gasteiger charge is -2.33. The fourth-order valence-corrected chi connectivity index (χ4v) is 5.58. The minimum Gasteiger partial charge on any atom is -0.354 e.